The number of para-hydroxylation sites is 1. The van der Waals surface area contributed by atoms with Crippen molar-refractivity contribution in [3.63, 3.8) is 0 Å². The number of aryl methyl sites for hydroxylation is 1. The fourth-order valence-electron chi connectivity index (χ4n) is 3.58. The van der Waals surface area contributed by atoms with Gasteiger partial charge in [0.05, 0.1) is 19.8 Å². The number of hydrogen-bond donors (Lipinski definition) is 2. The van der Waals surface area contributed by atoms with Crippen molar-refractivity contribution in [2.45, 2.75) is 26.9 Å². The van der Waals surface area contributed by atoms with Crippen molar-refractivity contribution in [2.24, 2.45) is 4.99 Å². The second kappa shape index (κ2) is 15.0. The largest absolute Gasteiger partial charge is 0.494 e. The Morgan fingerprint density at radius 1 is 1.00 bits per heavy atom. The molecule has 1 saturated heterocycles. The van der Waals surface area contributed by atoms with Crippen LogP contribution in [0.25, 0.3) is 0 Å². The number of aliphatic imine (C=N–C) groups is 1. The maximum Gasteiger partial charge on any atom is 0.191 e. The summed E-state index contributed by atoms with van der Waals surface area (Å²) in [5.41, 5.74) is 3.39. The van der Waals surface area contributed by atoms with Crippen LogP contribution in [0, 0.1) is 6.92 Å². The van der Waals surface area contributed by atoms with E-state index in [1.54, 1.807) is 7.05 Å². The summed E-state index contributed by atoms with van der Waals surface area (Å²) >= 11 is 0. The average molecular weight is 569 g/mol. The molecule has 1 aliphatic rings. The molecule has 2 N–H and O–H groups in total. The van der Waals surface area contributed by atoms with Gasteiger partial charge in [-0.25, -0.2) is 0 Å². The third-order valence-electron chi connectivity index (χ3n) is 5.38. The van der Waals surface area contributed by atoms with Crippen LogP contribution in [0.15, 0.2) is 47.5 Å². The van der Waals surface area contributed by atoms with E-state index >= 15 is 0 Å². The van der Waals surface area contributed by atoms with Crippen LogP contribution in [0.4, 0.5) is 0 Å². The summed E-state index contributed by atoms with van der Waals surface area (Å²) in [7, 11) is 1.78. The summed E-state index contributed by atoms with van der Waals surface area (Å²) in [6.07, 6.45) is 0. The Bertz CT molecular complexity index is 872. The van der Waals surface area contributed by atoms with Crippen molar-refractivity contribution in [1.82, 2.24) is 15.5 Å². The van der Waals surface area contributed by atoms with Gasteiger partial charge in [0, 0.05) is 50.9 Å². The molecule has 0 atom stereocenters. The molecule has 182 valence electrons. The molecule has 0 amide bonds. The lowest BCUT2D eigenvalue weighted by Gasteiger charge is -2.26. The molecule has 1 aliphatic heterocycles. The Labute approximate surface area is 214 Å². The van der Waals surface area contributed by atoms with Gasteiger partial charge in [0.25, 0.3) is 0 Å². The first-order valence-corrected chi connectivity index (χ1v) is 11.4. The molecule has 33 heavy (non-hydrogen) atoms. The number of halogens is 1. The van der Waals surface area contributed by atoms with Gasteiger partial charge in [0.15, 0.2) is 5.96 Å². The number of guanidine groups is 1. The van der Waals surface area contributed by atoms with Gasteiger partial charge in [-0.2, -0.15) is 0 Å². The summed E-state index contributed by atoms with van der Waals surface area (Å²) in [6, 6.07) is 14.4. The lowest BCUT2D eigenvalue weighted by Crippen LogP contribution is -2.38. The fourth-order valence-corrected chi connectivity index (χ4v) is 3.58. The van der Waals surface area contributed by atoms with E-state index in [2.05, 4.69) is 51.7 Å². The highest BCUT2D eigenvalue weighted by atomic mass is 127. The number of benzene rings is 2. The van der Waals surface area contributed by atoms with Gasteiger partial charge in [-0.05, 0) is 31.5 Å². The Morgan fingerprint density at radius 2 is 1.70 bits per heavy atom. The molecule has 1 heterocycles. The Balaban J connectivity index is 0.00000385. The second-order valence-electron chi connectivity index (χ2n) is 7.73. The normalized spacial score (nSPS) is 14.3. The highest BCUT2D eigenvalue weighted by Gasteiger charge is 2.11. The van der Waals surface area contributed by atoms with Crippen LogP contribution >= 0.6 is 24.0 Å². The molecule has 0 bridgehead atoms. The number of morpholine rings is 1. The minimum Gasteiger partial charge on any atom is -0.494 e. The first-order valence-electron chi connectivity index (χ1n) is 11.4. The number of rotatable bonds is 10. The molecule has 0 radical (unpaired) electrons. The first-order chi connectivity index (χ1) is 15.7. The summed E-state index contributed by atoms with van der Waals surface area (Å²) < 4.78 is 17.3. The van der Waals surface area contributed by atoms with Crippen LogP contribution in [0.2, 0.25) is 0 Å². The van der Waals surface area contributed by atoms with Crippen LogP contribution in [-0.4, -0.2) is 64.0 Å². The number of hydrogen-bond acceptors (Lipinski definition) is 5. The highest BCUT2D eigenvalue weighted by molar-refractivity contribution is 14.0. The van der Waals surface area contributed by atoms with Crippen molar-refractivity contribution in [1.29, 1.82) is 0 Å². The van der Waals surface area contributed by atoms with E-state index in [-0.39, 0.29) is 24.0 Å². The Morgan fingerprint density at radius 3 is 2.39 bits per heavy atom. The van der Waals surface area contributed by atoms with E-state index < -0.39 is 0 Å². The lowest BCUT2D eigenvalue weighted by molar-refractivity contribution is 0.0322. The minimum atomic E-state index is 0. The third kappa shape index (κ3) is 9.02. The molecule has 0 aliphatic carbocycles. The molecule has 8 heteroatoms. The summed E-state index contributed by atoms with van der Waals surface area (Å²) in [4.78, 5) is 6.73. The van der Waals surface area contributed by atoms with Crippen molar-refractivity contribution >= 4 is 29.9 Å². The highest BCUT2D eigenvalue weighted by Crippen LogP contribution is 2.20. The lowest BCUT2D eigenvalue weighted by atomic mass is 10.1. The smallest absolute Gasteiger partial charge is 0.191 e. The zero-order valence-corrected chi connectivity index (χ0v) is 22.3. The summed E-state index contributed by atoms with van der Waals surface area (Å²) in [5.74, 6) is 2.55. The third-order valence-corrected chi connectivity index (χ3v) is 5.38. The van der Waals surface area contributed by atoms with Crippen molar-refractivity contribution in [3.8, 4) is 11.5 Å². The minimum absolute atomic E-state index is 0. The van der Waals surface area contributed by atoms with E-state index in [0.29, 0.717) is 26.3 Å². The van der Waals surface area contributed by atoms with Gasteiger partial charge in [-0.15, -0.1) is 24.0 Å². The number of ether oxygens (including phenoxy) is 3. The topological polar surface area (TPSA) is 67.3 Å². The van der Waals surface area contributed by atoms with Gasteiger partial charge in [0.1, 0.15) is 18.1 Å². The van der Waals surface area contributed by atoms with Crippen LogP contribution in [0.1, 0.15) is 23.6 Å². The number of nitrogens with zero attached hydrogens (tertiary/aromatic N) is 2. The van der Waals surface area contributed by atoms with E-state index in [1.807, 2.05) is 25.1 Å². The van der Waals surface area contributed by atoms with E-state index in [9.17, 15) is 0 Å². The molecule has 2 aromatic carbocycles. The molecular formula is C25H37IN4O3. The molecule has 2 aromatic rings. The summed E-state index contributed by atoms with van der Waals surface area (Å²) in [6.45, 7) is 11.1. The zero-order chi connectivity index (χ0) is 22.6. The molecule has 7 nitrogen and oxygen atoms in total. The number of nitrogens with one attached hydrogen (secondary N) is 2. The van der Waals surface area contributed by atoms with Crippen molar-refractivity contribution < 1.29 is 14.2 Å². The molecule has 0 spiro atoms. The average Bonchev–Trinajstić information content (AvgIpc) is 2.82. The Kier molecular flexibility index (Phi) is 12.3. The SMILES string of the molecule is CCOc1cc(C)ccc1CNC(=NC)NCc1ccccc1OCCN1CCOCC1.I. The van der Waals surface area contributed by atoms with Gasteiger partial charge in [0.2, 0.25) is 0 Å². The fraction of sp³-hybridized carbons (Fsp3) is 0.480. The van der Waals surface area contributed by atoms with E-state index in [4.69, 9.17) is 14.2 Å². The van der Waals surface area contributed by atoms with Gasteiger partial charge in [-0.3, -0.25) is 9.89 Å². The first kappa shape index (κ1) is 27.2. The molecule has 0 unspecified atom stereocenters. The molecule has 3 rings (SSSR count). The van der Waals surface area contributed by atoms with Crippen LogP contribution < -0.4 is 20.1 Å². The maximum atomic E-state index is 6.09. The molecular weight excluding hydrogens is 531 g/mol. The standard InChI is InChI=1S/C25H36N4O3.HI/c1-4-31-24-17-20(2)9-10-22(24)19-28-25(26-3)27-18-21-7-5-6-8-23(21)32-16-13-29-11-14-30-15-12-29;/h5-10,17H,4,11-16,18-19H2,1-3H3,(H2,26,27,28);1H. The second-order valence-corrected chi connectivity index (χ2v) is 7.73. The van der Waals surface area contributed by atoms with Crippen LogP contribution in [0.3, 0.4) is 0 Å². The molecule has 1 fully saturated rings. The monoisotopic (exact) mass is 568 g/mol. The van der Waals surface area contributed by atoms with E-state index in [1.165, 1.54) is 5.56 Å². The predicted octanol–water partition coefficient (Wildman–Crippen LogP) is 3.59. The van der Waals surface area contributed by atoms with Crippen LogP contribution in [-0.2, 0) is 17.8 Å². The van der Waals surface area contributed by atoms with Crippen molar-refractivity contribution in [2.75, 3.05) is 53.1 Å². The molecule has 0 aromatic heterocycles. The summed E-state index contributed by atoms with van der Waals surface area (Å²) in [5, 5.41) is 6.77. The van der Waals surface area contributed by atoms with Crippen molar-refractivity contribution in [3.05, 3.63) is 59.2 Å². The van der Waals surface area contributed by atoms with Gasteiger partial charge >= 0.3 is 0 Å². The zero-order valence-electron chi connectivity index (χ0n) is 19.9. The molecule has 0 saturated carbocycles. The maximum absolute atomic E-state index is 6.09. The van der Waals surface area contributed by atoms with Gasteiger partial charge in [-0.1, -0.05) is 30.3 Å². The van der Waals surface area contributed by atoms with Gasteiger partial charge < -0.3 is 24.8 Å². The Hall–Kier alpha value is -2.04. The quantitative estimate of drug-likeness (QED) is 0.260. The van der Waals surface area contributed by atoms with E-state index in [0.717, 1.165) is 61.4 Å². The van der Waals surface area contributed by atoms with Crippen LogP contribution in [0.5, 0.6) is 11.5 Å². The predicted molar refractivity (Wildman–Crippen MR) is 144 cm³/mol.